The van der Waals surface area contributed by atoms with Crippen LogP contribution in [0.3, 0.4) is 0 Å². The number of hydrogen-bond donors (Lipinski definition) is 3. The van der Waals surface area contributed by atoms with E-state index in [1.165, 1.54) is 11.1 Å². The Kier molecular flexibility index (Phi) is 5.77. The molecular formula is C24H26N4O2. The first kappa shape index (κ1) is 20.0. The fourth-order valence-electron chi connectivity index (χ4n) is 3.92. The average Bonchev–Trinajstić information content (AvgIpc) is 2.77. The zero-order chi connectivity index (χ0) is 21.1. The molecule has 1 amide bonds. The third-order valence-corrected chi connectivity index (χ3v) is 5.76. The maximum absolute atomic E-state index is 12.6. The molecule has 154 valence electrons. The number of aryl methyl sites for hydroxylation is 1. The van der Waals surface area contributed by atoms with Crippen LogP contribution in [-0.4, -0.2) is 28.8 Å². The maximum Gasteiger partial charge on any atom is 0.238 e. The summed E-state index contributed by atoms with van der Waals surface area (Å²) in [6.45, 7) is 2.42. The zero-order valence-corrected chi connectivity index (χ0v) is 17.0. The molecule has 1 aliphatic heterocycles. The lowest BCUT2D eigenvalue weighted by Crippen LogP contribution is -2.51. The van der Waals surface area contributed by atoms with Gasteiger partial charge in [-0.05, 0) is 47.9 Å². The van der Waals surface area contributed by atoms with E-state index in [4.69, 9.17) is 5.73 Å². The highest BCUT2D eigenvalue weighted by Gasteiger charge is 2.26. The minimum Gasteiger partial charge on any atom is -0.383 e. The minimum absolute atomic E-state index is 0.0221. The Balaban J connectivity index is 1.31. The number of pyridine rings is 1. The number of nitrogen functional groups attached to an aromatic ring is 1. The van der Waals surface area contributed by atoms with E-state index in [1.54, 1.807) is 13.1 Å². The number of carbonyl (C=O) groups excluding carboxylic acids is 2. The van der Waals surface area contributed by atoms with Crippen LogP contribution in [0.2, 0.25) is 0 Å². The van der Waals surface area contributed by atoms with Gasteiger partial charge >= 0.3 is 0 Å². The van der Waals surface area contributed by atoms with Crippen molar-refractivity contribution in [2.24, 2.45) is 0 Å². The van der Waals surface area contributed by atoms with Crippen LogP contribution in [0.1, 0.15) is 30.0 Å². The fourth-order valence-corrected chi connectivity index (χ4v) is 3.92. The van der Waals surface area contributed by atoms with Crippen molar-refractivity contribution in [3.63, 3.8) is 0 Å². The van der Waals surface area contributed by atoms with Crippen LogP contribution in [0.15, 0.2) is 54.7 Å². The summed E-state index contributed by atoms with van der Waals surface area (Å²) in [5.41, 5.74) is 9.36. The van der Waals surface area contributed by atoms with E-state index in [0.717, 1.165) is 16.3 Å². The molecule has 0 aliphatic carbocycles. The molecule has 2 atom stereocenters. The van der Waals surface area contributed by atoms with E-state index in [-0.39, 0.29) is 17.7 Å². The number of carbonyl (C=O) groups is 2. The Morgan fingerprint density at radius 3 is 2.83 bits per heavy atom. The van der Waals surface area contributed by atoms with Gasteiger partial charge in [-0.1, -0.05) is 42.5 Å². The summed E-state index contributed by atoms with van der Waals surface area (Å²) in [5, 5.41) is 8.06. The van der Waals surface area contributed by atoms with Crippen molar-refractivity contribution in [1.29, 1.82) is 0 Å². The molecule has 6 heteroatoms. The quantitative estimate of drug-likeness (QED) is 0.589. The molecule has 1 aliphatic rings. The van der Waals surface area contributed by atoms with Crippen LogP contribution in [0.4, 0.5) is 5.82 Å². The average molecular weight is 402 g/mol. The second kappa shape index (κ2) is 8.63. The number of aromatic nitrogens is 1. The second-order valence-electron chi connectivity index (χ2n) is 7.85. The SMILES string of the molecule is C[C@H](NC(=O)[C@H]1Cc2ccccc2CN1)C(=O)CCc1ccc2c(N)nccc2c1. The lowest BCUT2D eigenvalue weighted by Gasteiger charge is -2.26. The predicted molar refractivity (Wildman–Crippen MR) is 118 cm³/mol. The van der Waals surface area contributed by atoms with E-state index >= 15 is 0 Å². The van der Waals surface area contributed by atoms with Gasteiger partial charge < -0.3 is 16.4 Å². The van der Waals surface area contributed by atoms with Crippen LogP contribution < -0.4 is 16.4 Å². The molecule has 4 rings (SSSR count). The Hall–Kier alpha value is -3.25. The predicted octanol–water partition coefficient (Wildman–Crippen LogP) is 2.54. The molecule has 0 saturated heterocycles. The molecule has 30 heavy (non-hydrogen) atoms. The Morgan fingerprint density at radius 1 is 1.20 bits per heavy atom. The molecule has 3 aromatic rings. The number of benzene rings is 2. The molecule has 2 aromatic carbocycles. The first-order chi connectivity index (χ1) is 14.5. The summed E-state index contributed by atoms with van der Waals surface area (Å²) < 4.78 is 0. The molecule has 0 bridgehead atoms. The second-order valence-corrected chi connectivity index (χ2v) is 7.85. The lowest BCUT2D eigenvalue weighted by atomic mass is 9.95. The van der Waals surface area contributed by atoms with Gasteiger partial charge in [-0.2, -0.15) is 0 Å². The number of nitrogens with two attached hydrogens (primary N) is 1. The van der Waals surface area contributed by atoms with Crippen molar-refractivity contribution in [1.82, 2.24) is 15.6 Å². The number of nitrogens with zero attached hydrogens (tertiary/aromatic N) is 1. The normalized spacial score (nSPS) is 16.6. The number of fused-ring (bicyclic) bond motifs is 2. The molecule has 1 aromatic heterocycles. The highest BCUT2D eigenvalue weighted by atomic mass is 16.2. The summed E-state index contributed by atoms with van der Waals surface area (Å²) >= 11 is 0. The number of nitrogens with one attached hydrogen (secondary N) is 2. The molecule has 6 nitrogen and oxygen atoms in total. The van der Waals surface area contributed by atoms with Gasteiger partial charge in [-0.3, -0.25) is 9.59 Å². The third-order valence-electron chi connectivity index (χ3n) is 5.76. The highest BCUT2D eigenvalue weighted by molar-refractivity contribution is 5.92. The van der Waals surface area contributed by atoms with Crippen molar-refractivity contribution < 1.29 is 9.59 Å². The fraction of sp³-hybridized carbons (Fsp3) is 0.292. The van der Waals surface area contributed by atoms with Gasteiger partial charge in [-0.15, -0.1) is 0 Å². The van der Waals surface area contributed by atoms with E-state index in [0.29, 0.717) is 31.6 Å². The number of ketones is 1. The van der Waals surface area contributed by atoms with E-state index in [2.05, 4.69) is 27.8 Å². The van der Waals surface area contributed by atoms with Crippen LogP contribution >= 0.6 is 0 Å². The van der Waals surface area contributed by atoms with Gasteiger partial charge in [0, 0.05) is 24.5 Å². The molecule has 2 heterocycles. The Bertz CT molecular complexity index is 1100. The van der Waals surface area contributed by atoms with Gasteiger partial charge in [0.05, 0.1) is 12.1 Å². The third kappa shape index (κ3) is 4.33. The summed E-state index contributed by atoms with van der Waals surface area (Å²) in [5.74, 6) is 0.401. The zero-order valence-electron chi connectivity index (χ0n) is 17.0. The molecule has 0 spiro atoms. The molecule has 0 radical (unpaired) electrons. The molecular weight excluding hydrogens is 376 g/mol. The van der Waals surface area contributed by atoms with E-state index in [1.807, 2.05) is 36.4 Å². The van der Waals surface area contributed by atoms with Gasteiger partial charge in [0.2, 0.25) is 5.91 Å². The summed E-state index contributed by atoms with van der Waals surface area (Å²) in [7, 11) is 0. The molecule has 0 fully saturated rings. The van der Waals surface area contributed by atoms with Gasteiger partial charge in [0.15, 0.2) is 5.78 Å². The molecule has 0 unspecified atom stereocenters. The van der Waals surface area contributed by atoms with Crippen LogP contribution in [0.25, 0.3) is 10.8 Å². The molecule has 0 saturated carbocycles. The maximum atomic E-state index is 12.6. The van der Waals surface area contributed by atoms with Crippen LogP contribution in [-0.2, 0) is 29.0 Å². The van der Waals surface area contributed by atoms with Gasteiger partial charge in [-0.25, -0.2) is 4.98 Å². The van der Waals surface area contributed by atoms with Crippen LogP contribution in [0.5, 0.6) is 0 Å². The van der Waals surface area contributed by atoms with Gasteiger partial charge in [0.1, 0.15) is 5.82 Å². The van der Waals surface area contributed by atoms with Crippen LogP contribution in [0, 0.1) is 0 Å². The highest BCUT2D eigenvalue weighted by Crippen LogP contribution is 2.21. The number of Topliss-reactive ketones (excluding diaryl/α,β-unsaturated/α-hetero) is 1. The standard InChI is InChI=1S/C24H26N4O2/c1-15(28-24(30)21-13-17-4-2-3-5-19(17)14-27-21)22(29)9-7-16-6-8-20-18(12-16)10-11-26-23(20)25/h2-6,8,10-12,15,21,27H,7,9,13-14H2,1H3,(H2,25,26)(H,28,30)/t15-,21+/m0/s1. The first-order valence-corrected chi connectivity index (χ1v) is 10.3. The van der Waals surface area contributed by atoms with E-state index in [9.17, 15) is 9.59 Å². The largest absolute Gasteiger partial charge is 0.383 e. The van der Waals surface area contributed by atoms with Crippen molar-refractivity contribution in [2.45, 2.75) is 44.8 Å². The Morgan fingerprint density at radius 2 is 2.00 bits per heavy atom. The minimum atomic E-state index is -0.517. The smallest absolute Gasteiger partial charge is 0.238 e. The topological polar surface area (TPSA) is 97.1 Å². The van der Waals surface area contributed by atoms with E-state index < -0.39 is 6.04 Å². The van der Waals surface area contributed by atoms with Gasteiger partial charge in [0.25, 0.3) is 0 Å². The van der Waals surface area contributed by atoms with Crippen molar-refractivity contribution in [3.05, 3.63) is 71.4 Å². The molecule has 4 N–H and O–H groups in total. The number of rotatable bonds is 6. The Labute approximate surface area is 175 Å². The monoisotopic (exact) mass is 402 g/mol. The summed E-state index contributed by atoms with van der Waals surface area (Å²) in [6.07, 6.45) is 3.31. The summed E-state index contributed by atoms with van der Waals surface area (Å²) in [6, 6.07) is 15.1. The van der Waals surface area contributed by atoms with Crippen molar-refractivity contribution in [3.8, 4) is 0 Å². The lowest BCUT2D eigenvalue weighted by molar-refractivity contribution is -0.128. The first-order valence-electron chi connectivity index (χ1n) is 10.3. The van der Waals surface area contributed by atoms with Crippen molar-refractivity contribution in [2.75, 3.05) is 5.73 Å². The number of anilines is 1. The number of hydrogen-bond acceptors (Lipinski definition) is 5. The summed E-state index contributed by atoms with van der Waals surface area (Å²) in [4.78, 5) is 29.3. The number of amides is 1. The van der Waals surface area contributed by atoms with Crippen molar-refractivity contribution >= 4 is 28.3 Å².